The molecule has 1 aromatic carbocycles. The van der Waals surface area contributed by atoms with Gasteiger partial charge in [-0.05, 0) is 60.1 Å². The summed E-state index contributed by atoms with van der Waals surface area (Å²) in [6.45, 7) is 21.3. The highest BCUT2D eigenvalue weighted by atomic mass is 16.7. The van der Waals surface area contributed by atoms with Crippen LogP contribution >= 0.6 is 0 Å². The van der Waals surface area contributed by atoms with Gasteiger partial charge in [-0.2, -0.15) is 0 Å². The summed E-state index contributed by atoms with van der Waals surface area (Å²) in [5, 5.41) is 0. The van der Waals surface area contributed by atoms with Crippen LogP contribution in [-0.4, -0.2) is 25.6 Å². The largest absolute Gasteiger partial charge is 0.465 e. The molecule has 1 saturated carbocycles. The Balaban J connectivity index is 0.00000265. The van der Waals surface area contributed by atoms with Crippen LogP contribution in [0.1, 0.15) is 106 Å². The van der Waals surface area contributed by atoms with E-state index in [0.717, 1.165) is 18.6 Å². The van der Waals surface area contributed by atoms with Crippen molar-refractivity contribution >= 4 is 0 Å². The minimum atomic E-state index is -0.238. The third-order valence-corrected chi connectivity index (χ3v) is 6.40. The fourth-order valence-corrected chi connectivity index (χ4v) is 4.76. The molecule has 0 saturated heterocycles. The molecule has 192 valence electrons. The molecule has 0 spiro atoms. The first kappa shape index (κ1) is 30.0. The molecular weight excluding hydrogens is 408 g/mol. The fraction of sp³-hybridized carbons (Fsp3) is 0.800. The van der Waals surface area contributed by atoms with Crippen LogP contribution in [0.4, 0.5) is 0 Å². The van der Waals surface area contributed by atoms with Gasteiger partial charge in [0.25, 0.3) is 0 Å². The Morgan fingerprint density at radius 1 is 0.848 bits per heavy atom. The summed E-state index contributed by atoms with van der Waals surface area (Å²) in [4.78, 5) is 0. The lowest BCUT2D eigenvalue weighted by atomic mass is 9.83. The lowest BCUT2D eigenvalue weighted by Gasteiger charge is -2.30. The average Bonchev–Trinajstić information content (AvgIpc) is 2.76. The van der Waals surface area contributed by atoms with Gasteiger partial charge in [0.1, 0.15) is 5.75 Å². The first-order chi connectivity index (χ1) is 15.6. The van der Waals surface area contributed by atoms with Crippen molar-refractivity contribution in [2.24, 2.45) is 23.2 Å². The summed E-state index contributed by atoms with van der Waals surface area (Å²) in [5.41, 5.74) is 1.63. The van der Waals surface area contributed by atoms with Gasteiger partial charge in [0.15, 0.2) is 6.29 Å². The zero-order chi connectivity index (χ0) is 24.9. The van der Waals surface area contributed by atoms with Crippen molar-refractivity contribution in [1.29, 1.82) is 0 Å². The average molecular weight is 463 g/mol. The standard InChI is InChI=1S/C28H48O3.C2H6/c1-21(2)26(22(3)4)19-27(30-18-17-29-24-11-9-8-10-12-24)31-25-15-13-23(14-16-25)20-28(5,6)7;1-2/h13-16,21-22,24,26-27H,8-12,17-20H2,1-7H3;1-2H3. The van der Waals surface area contributed by atoms with E-state index in [1.54, 1.807) is 0 Å². The zero-order valence-corrected chi connectivity index (χ0v) is 23.3. The maximum Gasteiger partial charge on any atom is 0.200 e. The monoisotopic (exact) mass is 462 g/mol. The lowest BCUT2D eigenvalue weighted by molar-refractivity contribution is -0.118. The topological polar surface area (TPSA) is 27.7 Å². The van der Waals surface area contributed by atoms with Crippen LogP contribution in [0.2, 0.25) is 0 Å². The van der Waals surface area contributed by atoms with Crippen LogP contribution in [0, 0.1) is 23.2 Å². The van der Waals surface area contributed by atoms with Gasteiger partial charge in [-0.1, -0.05) is 93.7 Å². The van der Waals surface area contributed by atoms with E-state index in [4.69, 9.17) is 14.2 Å². The maximum absolute atomic E-state index is 6.34. The van der Waals surface area contributed by atoms with E-state index in [1.807, 2.05) is 13.8 Å². The summed E-state index contributed by atoms with van der Waals surface area (Å²) >= 11 is 0. The van der Waals surface area contributed by atoms with E-state index >= 15 is 0 Å². The van der Waals surface area contributed by atoms with Crippen molar-refractivity contribution in [3.8, 4) is 5.75 Å². The summed E-state index contributed by atoms with van der Waals surface area (Å²) in [6.07, 6.45) is 8.50. The van der Waals surface area contributed by atoms with Gasteiger partial charge in [0, 0.05) is 6.42 Å². The molecule has 1 aromatic rings. The maximum atomic E-state index is 6.34. The Labute approximate surface area is 206 Å². The second-order valence-electron chi connectivity index (χ2n) is 11.3. The molecule has 0 amide bonds. The summed E-state index contributed by atoms with van der Waals surface area (Å²) < 4.78 is 18.6. The van der Waals surface area contributed by atoms with Crippen molar-refractivity contribution in [3.63, 3.8) is 0 Å². The van der Waals surface area contributed by atoms with Crippen LogP contribution in [0.3, 0.4) is 0 Å². The number of rotatable bonds is 12. The van der Waals surface area contributed by atoms with E-state index in [0.29, 0.717) is 37.1 Å². The molecule has 1 aliphatic rings. The van der Waals surface area contributed by atoms with Crippen molar-refractivity contribution in [3.05, 3.63) is 29.8 Å². The van der Waals surface area contributed by atoms with E-state index in [9.17, 15) is 0 Å². The Bertz CT molecular complexity index is 586. The van der Waals surface area contributed by atoms with Crippen molar-refractivity contribution in [2.45, 2.75) is 120 Å². The number of benzene rings is 1. The summed E-state index contributed by atoms with van der Waals surface area (Å²) in [6, 6.07) is 8.56. The van der Waals surface area contributed by atoms with Crippen LogP contribution in [-0.2, 0) is 15.9 Å². The molecule has 3 nitrogen and oxygen atoms in total. The van der Waals surface area contributed by atoms with Crippen LogP contribution in [0.25, 0.3) is 0 Å². The van der Waals surface area contributed by atoms with Gasteiger partial charge in [0.2, 0.25) is 0 Å². The molecule has 1 fully saturated rings. The molecule has 0 aliphatic heterocycles. The Morgan fingerprint density at radius 2 is 1.42 bits per heavy atom. The molecule has 1 atom stereocenters. The smallest absolute Gasteiger partial charge is 0.200 e. The van der Waals surface area contributed by atoms with Crippen molar-refractivity contribution < 1.29 is 14.2 Å². The normalized spacial score (nSPS) is 16.1. The van der Waals surface area contributed by atoms with Gasteiger partial charge >= 0.3 is 0 Å². The summed E-state index contributed by atoms with van der Waals surface area (Å²) in [7, 11) is 0. The SMILES string of the molecule is CC.CC(C)C(CC(OCCOC1CCCCC1)Oc1ccc(CC(C)(C)C)cc1)C(C)C. The fourth-order valence-electron chi connectivity index (χ4n) is 4.76. The van der Waals surface area contributed by atoms with Crippen molar-refractivity contribution in [1.82, 2.24) is 0 Å². The molecule has 0 aromatic heterocycles. The summed E-state index contributed by atoms with van der Waals surface area (Å²) in [5.74, 6) is 2.65. The highest BCUT2D eigenvalue weighted by Crippen LogP contribution is 2.29. The first-order valence-electron chi connectivity index (χ1n) is 13.6. The second kappa shape index (κ2) is 15.8. The highest BCUT2D eigenvalue weighted by molar-refractivity contribution is 5.28. The molecule has 0 heterocycles. The van der Waals surface area contributed by atoms with Crippen LogP contribution in [0.5, 0.6) is 5.75 Å². The molecule has 0 bridgehead atoms. The molecule has 0 radical (unpaired) electrons. The quantitative estimate of drug-likeness (QED) is 0.230. The Kier molecular flexibility index (Phi) is 14.3. The molecule has 3 heteroatoms. The minimum absolute atomic E-state index is 0.238. The lowest BCUT2D eigenvalue weighted by Crippen LogP contribution is -2.30. The van der Waals surface area contributed by atoms with E-state index < -0.39 is 0 Å². The Morgan fingerprint density at radius 3 is 1.94 bits per heavy atom. The van der Waals surface area contributed by atoms with Crippen molar-refractivity contribution in [2.75, 3.05) is 13.2 Å². The van der Waals surface area contributed by atoms with E-state index in [1.165, 1.54) is 37.7 Å². The van der Waals surface area contributed by atoms with Gasteiger partial charge in [-0.3, -0.25) is 0 Å². The molecule has 0 N–H and O–H groups in total. The zero-order valence-electron chi connectivity index (χ0n) is 23.3. The van der Waals surface area contributed by atoms with Gasteiger partial charge < -0.3 is 14.2 Å². The molecular formula is C30H54O3. The predicted molar refractivity (Wildman–Crippen MR) is 142 cm³/mol. The molecule has 33 heavy (non-hydrogen) atoms. The van der Waals surface area contributed by atoms with Gasteiger partial charge in [-0.15, -0.1) is 0 Å². The molecule has 1 aliphatic carbocycles. The number of hydrogen-bond acceptors (Lipinski definition) is 3. The molecule has 2 rings (SSSR count). The second-order valence-corrected chi connectivity index (χ2v) is 11.3. The third kappa shape index (κ3) is 12.8. The predicted octanol–water partition coefficient (Wildman–Crippen LogP) is 8.69. The van der Waals surface area contributed by atoms with E-state index in [-0.39, 0.29) is 11.7 Å². The first-order valence-corrected chi connectivity index (χ1v) is 13.6. The third-order valence-electron chi connectivity index (χ3n) is 6.40. The number of hydrogen-bond donors (Lipinski definition) is 0. The Hall–Kier alpha value is -1.06. The van der Waals surface area contributed by atoms with Gasteiger partial charge in [0.05, 0.1) is 19.3 Å². The van der Waals surface area contributed by atoms with Crippen LogP contribution < -0.4 is 4.74 Å². The van der Waals surface area contributed by atoms with Gasteiger partial charge in [-0.25, -0.2) is 0 Å². The van der Waals surface area contributed by atoms with Crippen LogP contribution in [0.15, 0.2) is 24.3 Å². The molecule has 1 unspecified atom stereocenters. The highest BCUT2D eigenvalue weighted by Gasteiger charge is 2.24. The number of ether oxygens (including phenoxy) is 3. The van der Waals surface area contributed by atoms with E-state index in [2.05, 4.69) is 72.7 Å². The minimum Gasteiger partial charge on any atom is -0.465 e.